The van der Waals surface area contributed by atoms with Crippen LogP contribution in [0.1, 0.15) is 18.2 Å². The summed E-state index contributed by atoms with van der Waals surface area (Å²) in [7, 11) is 0. The van der Waals surface area contributed by atoms with Gasteiger partial charge in [0.2, 0.25) is 0 Å². The van der Waals surface area contributed by atoms with Crippen molar-refractivity contribution in [1.29, 1.82) is 0 Å². The van der Waals surface area contributed by atoms with Crippen LogP contribution < -0.4 is 0 Å². The molecule has 4 heteroatoms. The summed E-state index contributed by atoms with van der Waals surface area (Å²) in [5.41, 5.74) is 3.71. The lowest BCUT2D eigenvalue weighted by atomic mass is 10.00. The molecule has 0 saturated heterocycles. The van der Waals surface area contributed by atoms with Crippen LogP contribution in [0, 0.1) is 0 Å². The summed E-state index contributed by atoms with van der Waals surface area (Å²) in [6.07, 6.45) is 8.06. The van der Waals surface area contributed by atoms with E-state index in [-0.39, 0.29) is 5.97 Å². The normalized spacial score (nSPS) is 13.6. The Balaban J connectivity index is 2.10. The fraction of sp³-hybridized carbons (Fsp3) is 0.231. The molecule has 0 radical (unpaired) electrons. The number of nitrogens with zero attached hydrogens (tertiary/aromatic N) is 2. The predicted molar refractivity (Wildman–Crippen MR) is 63.5 cm³/mol. The SMILES string of the molecule is CCOC(=O)C1=Cc2ccn3ccnc(c23)C1. The Hall–Kier alpha value is -2.10. The maximum Gasteiger partial charge on any atom is 0.334 e. The maximum atomic E-state index is 11.7. The highest BCUT2D eigenvalue weighted by molar-refractivity contribution is 5.97. The highest BCUT2D eigenvalue weighted by atomic mass is 16.5. The molecule has 2 aromatic heterocycles. The van der Waals surface area contributed by atoms with Crippen LogP contribution >= 0.6 is 0 Å². The summed E-state index contributed by atoms with van der Waals surface area (Å²) in [5.74, 6) is -0.247. The van der Waals surface area contributed by atoms with E-state index in [9.17, 15) is 4.79 Å². The molecule has 0 bridgehead atoms. The number of rotatable bonds is 2. The van der Waals surface area contributed by atoms with Crippen molar-refractivity contribution in [2.75, 3.05) is 6.61 Å². The Bertz CT molecular complexity index is 625. The highest BCUT2D eigenvalue weighted by Crippen LogP contribution is 2.26. The van der Waals surface area contributed by atoms with Gasteiger partial charge in [0.1, 0.15) is 0 Å². The summed E-state index contributed by atoms with van der Waals surface area (Å²) in [4.78, 5) is 16.1. The van der Waals surface area contributed by atoms with Gasteiger partial charge in [0.25, 0.3) is 0 Å². The van der Waals surface area contributed by atoms with E-state index in [1.807, 2.05) is 35.9 Å². The lowest BCUT2D eigenvalue weighted by Gasteiger charge is -2.13. The Morgan fingerprint density at radius 3 is 3.24 bits per heavy atom. The molecule has 0 unspecified atom stereocenters. The average molecular weight is 228 g/mol. The van der Waals surface area contributed by atoms with Gasteiger partial charge in [0.05, 0.1) is 17.8 Å². The lowest BCUT2D eigenvalue weighted by molar-refractivity contribution is -0.138. The number of carbonyl (C=O) groups is 1. The summed E-state index contributed by atoms with van der Waals surface area (Å²) < 4.78 is 7.05. The first-order valence-electron chi connectivity index (χ1n) is 5.62. The lowest BCUT2D eigenvalue weighted by Crippen LogP contribution is -2.13. The molecule has 0 fully saturated rings. The molecule has 1 aliphatic rings. The van der Waals surface area contributed by atoms with Gasteiger partial charge < -0.3 is 9.14 Å². The molecule has 0 N–H and O–H groups in total. The van der Waals surface area contributed by atoms with Crippen molar-refractivity contribution in [2.24, 2.45) is 0 Å². The monoisotopic (exact) mass is 228 g/mol. The second-order valence-electron chi connectivity index (χ2n) is 3.97. The molecule has 0 aliphatic heterocycles. The van der Waals surface area contributed by atoms with E-state index in [1.165, 1.54) is 0 Å². The number of hydrogen-bond acceptors (Lipinski definition) is 3. The fourth-order valence-electron chi connectivity index (χ4n) is 2.18. The zero-order valence-corrected chi connectivity index (χ0v) is 9.51. The van der Waals surface area contributed by atoms with Gasteiger partial charge in [-0.05, 0) is 19.1 Å². The van der Waals surface area contributed by atoms with E-state index in [0.717, 1.165) is 16.8 Å². The van der Waals surface area contributed by atoms with Gasteiger partial charge in [-0.25, -0.2) is 4.79 Å². The van der Waals surface area contributed by atoms with Gasteiger partial charge in [0, 0.05) is 36.1 Å². The first-order chi connectivity index (χ1) is 8.29. The number of carbonyl (C=O) groups excluding carboxylic acids is 1. The zero-order chi connectivity index (χ0) is 11.8. The minimum absolute atomic E-state index is 0.247. The van der Waals surface area contributed by atoms with Crippen molar-refractivity contribution in [1.82, 2.24) is 9.38 Å². The molecule has 2 heterocycles. The van der Waals surface area contributed by atoms with Gasteiger partial charge in [-0.1, -0.05) is 0 Å². The summed E-state index contributed by atoms with van der Waals surface area (Å²) in [6, 6.07) is 1.99. The van der Waals surface area contributed by atoms with Crippen LogP contribution in [0.4, 0.5) is 0 Å². The molecule has 0 spiro atoms. The minimum Gasteiger partial charge on any atom is -0.463 e. The third-order valence-corrected chi connectivity index (χ3v) is 2.90. The highest BCUT2D eigenvalue weighted by Gasteiger charge is 2.20. The summed E-state index contributed by atoms with van der Waals surface area (Å²) >= 11 is 0. The largest absolute Gasteiger partial charge is 0.463 e. The Morgan fingerprint density at radius 1 is 1.53 bits per heavy atom. The van der Waals surface area contributed by atoms with Crippen LogP contribution in [0.3, 0.4) is 0 Å². The predicted octanol–water partition coefficient (Wildman–Crippen LogP) is 1.84. The minimum atomic E-state index is -0.247. The van der Waals surface area contributed by atoms with Crippen LogP contribution in [-0.4, -0.2) is 22.0 Å². The van der Waals surface area contributed by atoms with E-state index in [1.54, 1.807) is 6.20 Å². The molecule has 2 aromatic rings. The van der Waals surface area contributed by atoms with Crippen molar-refractivity contribution in [3.63, 3.8) is 0 Å². The van der Waals surface area contributed by atoms with Gasteiger partial charge in [-0.15, -0.1) is 0 Å². The van der Waals surface area contributed by atoms with Crippen molar-refractivity contribution in [2.45, 2.75) is 13.3 Å². The van der Waals surface area contributed by atoms with Crippen LogP contribution in [-0.2, 0) is 16.0 Å². The van der Waals surface area contributed by atoms with E-state index < -0.39 is 0 Å². The number of hydrogen-bond donors (Lipinski definition) is 0. The van der Waals surface area contributed by atoms with Gasteiger partial charge >= 0.3 is 5.97 Å². The van der Waals surface area contributed by atoms with E-state index in [2.05, 4.69) is 4.98 Å². The van der Waals surface area contributed by atoms with Crippen molar-refractivity contribution < 1.29 is 9.53 Å². The standard InChI is InChI=1S/C13H12N2O2/c1-2-17-13(16)10-7-9-3-5-15-6-4-14-11(8-10)12(9)15/h3-7H,2,8H2,1H3. The molecule has 0 saturated carbocycles. The first kappa shape index (κ1) is 10.1. The molecule has 86 valence electrons. The van der Waals surface area contributed by atoms with Gasteiger partial charge in [-0.2, -0.15) is 0 Å². The van der Waals surface area contributed by atoms with Crippen LogP contribution in [0.2, 0.25) is 0 Å². The van der Waals surface area contributed by atoms with E-state index in [0.29, 0.717) is 18.6 Å². The fourth-order valence-corrected chi connectivity index (χ4v) is 2.18. The second kappa shape index (κ2) is 3.73. The van der Waals surface area contributed by atoms with Crippen molar-refractivity contribution in [3.8, 4) is 0 Å². The van der Waals surface area contributed by atoms with Gasteiger partial charge in [0.15, 0.2) is 0 Å². The van der Waals surface area contributed by atoms with E-state index in [4.69, 9.17) is 4.74 Å². The molecular formula is C13H12N2O2. The molecule has 0 amide bonds. The quantitative estimate of drug-likeness (QED) is 0.736. The number of ether oxygens (including phenoxy) is 1. The topological polar surface area (TPSA) is 43.6 Å². The molecule has 4 nitrogen and oxygen atoms in total. The van der Waals surface area contributed by atoms with E-state index >= 15 is 0 Å². The first-order valence-corrected chi connectivity index (χ1v) is 5.62. The molecule has 3 rings (SSSR count). The molecule has 0 aromatic carbocycles. The smallest absolute Gasteiger partial charge is 0.334 e. The van der Waals surface area contributed by atoms with Crippen molar-refractivity contribution in [3.05, 3.63) is 41.5 Å². The van der Waals surface area contributed by atoms with Gasteiger partial charge in [-0.3, -0.25) is 4.98 Å². The Morgan fingerprint density at radius 2 is 2.41 bits per heavy atom. The third-order valence-electron chi connectivity index (χ3n) is 2.90. The Labute approximate surface area is 98.5 Å². The second-order valence-corrected chi connectivity index (χ2v) is 3.97. The molecule has 1 aliphatic carbocycles. The van der Waals surface area contributed by atoms with Crippen LogP contribution in [0.15, 0.2) is 30.2 Å². The number of aromatic nitrogens is 2. The summed E-state index contributed by atoms with van der Waals surface area (Å²) in [5, 5.41) is 0. The maximum absolute atomic E-state index is 11.7. The number of esters is 1. The van der Waals surface area contributed by atoms with Crippen LogP contribution in [0.25, 0.3) is 11.6 Å². The molecule has 0 atom stereocenters. The average Bonchev–Trinajstić information content (AvgIpc) is 2.75. The van der Waals surface area contributed by atoms with Crippen molar-refractivity contribution >= 4 is 17.6 Å². The molecule has 17 heavy (non-hydrogen) atoms. The summed E-state index contributed by atoms with van der Waals surface area (Å²) in [6.45, 7) is 2.21. The zero-order valence-electron chi connectivity index (χ0n) is 9.51. The third kappa shape index (κ3) is 1.53. The Kier molecular flexibility index (Phi) is 2.21. The van der Waals surface area contributed by atoms with Crippen LogP contribution in [0.5, 0.6) is 0 Å². The molecular weight excluding hydrogens is 216 g/mol.